The number of carbonyl (C=O) groups is 1. The van der Waals surface area contributed by atoms with E-state index < -0.39 is 0 Å². The van der Waals surface area contributed by atoms with Gasteiger partial charge in [-0.05, 0) is 0 Å². The summed E-state index contributed by atoms with van der Waals surface area (Å²) in [5.41, 5.74) is 0. The summed E-state index contributed by atoms with van der Waals surface area (Å²) in [4.78, 5) is 13.5. The van der Waals surface area contributed by atoms with Crippen molar-refractivity contribution in [3.8, 4) is 0 Å². The van der Waals surface area contributed by atoms with E-state index >= 15 is 0 Å². The lowest BCUT2D eigenvalue weighted by Crippen LogP contribution is -2.12. The standard InChI is InChI=1S/C3H6N2OS/c1-4-2-3(6)5-7/h2,7H,1H3,(H,5,6). The molecular weight excluding hydrogens is 112 g/mol. The first-order valence-electron chi connectivity index (χ1n) is 1.67. The minimum atomic E-state index is -0.300. The summed E-state index contributed by atoms with van der Waals surface area (Å²) >= 11 is 3.46. The summed E-state index contributed by atoms with van der Waals surface area (Å²) < 4.78 is 2.07. The summed E-state index contributed by atoms with van der Waals surface area (Å²) in [5.74, 6) is -0.300. The fourth-order valence-electron chi connectivity index (χ4n) is 0.146. The van der Waals surface area contributed by atoms with Gasteiger partial charge in [0.1, 0.15) is 0 Å². The molecule has 0 atom stereocenters. The highest BCUT2D eigenvalue weighted by Crippen LogP contribution is 1.60. The Morgan fingerprint density at radius 1 is 2.00 bits per heavy atom. The predicted molar refractivity (Wildman–Crippen MR) is 31.5 cm³/mol. The van der Waals surface area contributed by atoms with Gasteiger partial charge in [0.2, 0.25) is 0 Å². The fraction of sp³-hybridized carbons (Fsp3) is 0.333. The second-order valence-electron chi connectivity index (χ2n) is 0.863. The number of carbonyl (C=O) groups excluding carboxylic acids is 1. The van der Waals surface area contributed by atoms with Gasteiger partial charge in [-0.15, -0.1) is 0 Å². The molecule has 0 aromatic heterocycles. The van der Waals surface area contributed by atoms with Crippen LogP contribution in [0.2, 0.25) is 0 Å². The van der Waals surface area contributed by atoms with Crippen molar-refractivity contribution in [2.75, 3.05) is 7.05 Å². The second-order valence-corrected chi connectivity index (χ2v) is 1.09. The first-order valence-corrected chi connectivity index (χ1v) is 2.12. The minimum Gasteiger partial charge on any atom is -0.298 e. The molecule has 0 heterocycles. The maximum Gasteiger partial charge on any atom is 0.271 e. The van der Waals surface area contributed by atoms with Crippen LogP contribution in [0, 0.1) is 0 Å². The molecule has 7 heavy (non-hydrogen) atoms. The SMILES string of the molecule is CN=CC(=O)NS. The molecule has 0 aliphatic heterocycles. The number of hydrogen-bond acceptors (Lipinski definition) is 3. The van der Waals surface area contributed by atoms with E-state index in [-0.39, 0.29) is 5.91 Å². The Labute approximate surface area is 47.4 Å². The molecule has 1 N–H and O–H groups in total. The van der Waals surface area contributed by atoms with Crippen LogP contribution in [0.25, 0.3) is 0 Å². The molecule has 0 radical (unpaired) electrons. The van der Waals surface area contributed by atoms with Crippen molar-refractivity contribution in [2.45, 2.75) is 0 Å². The van der Waals surface area contributed by atoms with Gasteiger partial charge in [-0.1, -0.05) is 12.8 Å². The van der Waals surface area contributed by atoms with Crippen LogP contribution in [-0.2, 0) is 4.79 Å². The first-order chi connectivity index (χ1) is 3.31. The molecule has 0 aliphatic carbocycles. The third-order valence-corrected chi connectivity index (χ3v) is 0.577. The predicted octanol–water partition coefficient (Wildman–Crippen LogP) is -0.352. The van der Waals surface area contributed by atoms with Crippen LogP contribution >= 0.6 is 12.8 Å². The fourth-order valence-corrected chi connectivity index (χ4v) is 0.204. The topological polar surface area (TPSA) is 41.5 Å². The quantitative estimate of drug-likeness (QED) is 0.358. The van der Waals surface area contributed by atoms with Crippen molar-refractivity contribution in [3.05, 3.63) is 0 Å². The number of rotatable bonds is 1. The summed E-state index contributed by atoms with van der Waals surface area (Å²) in [6, 6.07) is 0. The van der Waals surface area contributed by atoms with E-state index in [2.05, 4.69) is 22.5 Å². The molecule has 0 saturated carbocycles. The zero-order valence-electron chi connectivity index (χ0n) is 3.88. The van der Waals surface area contributed by atoms with E-state index in [1.54, 1.807) is 0 Å². The van der Waals surface area contributed by atoms with Crippen LogP contribution in [0.3, 0.4) is 0 Å². The molecular formula is C3H6N2OS. The average molecular weight is 118 g/mol. The normalized spacial score (nSPS) is 9.43. The molecule has 1 amide bonds. The van der Waals surface area contributed by atoms with Crippen molar-refractivity contribution in [1.82, 2.24) is 4.72 Å². The highest BCUT2D eigenvalue weighted by molar-refractivity contribution is 7.78. The largest absolute Gasteiger partial charge is 0.298 e. The van der Waals surface area contributed by atoms with Gasteiger partial charge in [-0.2, -0.15) is 0 Å². The molecule has 4 heteroatoms. The summed E-state index contributed by atoms with van der Waals surface area (Å²) in [6.45, 7) is 0. The van der Waals surface area contributed by atoms with E-state index in [1.165, 1.54) is 7.05 Å². The molecule has 0 spiro atoms. The van der Waals surface area contributed by atoms with E-state index in [9.17, 15) is 4.79 Å². The highest BCUT2D eigenvalue weighted by Gasteiger charge is 1.84. The molecule has 0 bridgehead atoms. The second kappa shape index (κ2) is 3.67. The summed E-state index contributed by atoms with van der Waals surface area (Å²) in [7, 11) is 1.52. The Morgan fingerprint density at radius 3 is 2.71 bits per heavy atom. The maximum absolute atomic E-state index is 10.1. The van der Waals surface area contributed by atoms with Gasteiger partial charge in [0.15, 0.2) is 0 Å². The van der Waals surface area contributed by atoms with Crippen molar-refractivity contribution in [3.63, 3.8) is 0 Å². The Balaban J connectivity index is 3.37. The van der Waals surface area contributed by atoms with Crippen molar-refractivity contribution < 1.29 is 4.79 Å². The lowest BCUT2D eigenvalue weighted by molar-refractivity contribution is -0.112. The Morgan fingerprint density at radius 2 is 2.57 bits per heavy atom. The van der Waals surface area contributed by atoms with Crippen LogP contribution in [0.15, 0.2) is 4.99 Å². The molecule has 0 aliphatic rings. The molecule has 0 rings (SSSR count). The molecule has 0 aromatic carbocycles. The van der Waals surface area contributed by atoms with Crippen LogP contribution < -0.4 is 4.72 Å². The molecule has 0 saturated heterocycles. The summed E-state index contributed by atoms with van der Waals surface area (Å²) in [6.07, 6.45) is 1.15. The number of nitrogens with one attached hydrogen (secondary N) is 1. The Hall–Kier alpha value is -0.510. The summed E-state index contributed by atoms with van der Waals surface area (Å²) in [5, 5.41) is 0. The molecule has 3 nitrogen and oxygen atoms in total. The monoisotopic (exact) mass is 118 g/mol. The van der Waals surface area contributed by atoms with Gasteiger partial charge in [0.25, 0.3) is 5.91 Å². The minimum absolute atomic E-state index is 0.300. The van der Waals surface area contributed by atoms with Gasteiger partial charge < -0.3 is 0 Å². The van der Waals surface area contributed by atoms with E-state index in [4.69, 9.17) is 0 Å². The Bertz CT molecular complexity index is 90.9. The van der Waals surface area contributed by atoms with Crippen LogP contribution in [0.5, 0.6) is 0 Å². The van der Waals surface area contributed by atoms with Crippen LogP contribution in [-0.4, -0.2) is 19.2 Å². The highest BCUT2D eigenvalue weighted by atomic mass is 32.1. The van der Waals surface area contributed by atoms with Gasteiger partial charge in [0.05, 0.1) is 6.21 Å². The van der Waals surface area contributed by atoms with Gasteiger partial charge in [-0.25, -0.2) is 0 Å². The van der Waals surface area contributed by atoms with Crippen LogP contribution in [0.1, 0.15) is 0 Å². The molecule has 0 unspecified atom stereocenters. The number of hydrogen-bond donors (Lipinski definition) is 2. The van der Waals surface area contributed by atoms with E-state index in [0.717, 1.165) is 6.21 Å². The van der Waals surface area contributed by atoms with Gasteiger partial charge >= 0.3 is 0 Å². The molecule has 40 valence electrons. The Kier molecular flexibility index (Phi) is 3.40. The van der Waals surface area contributed by atoms with Gasteiger partial charge in [-0.3, -0.25) is 14.5 Å². The van der Waals surface area contributed by atoms with Crippen molar-refractivity contribution in [2.24, 2.45) is 4.99 Å². The smallest absolute Gasteiger partial charge is 0.271 e. The third kappa shape index (κ3) is 3.32. The van der Waals surface area contributed by atoms with Gasteiger partial charge in [0, 0.05) is 7.05 Å². The lowest BCUT2D eigenvalue weighted by Gasteiger charge is -1.82. The molecule has 0 fully saturated rings. The average Bonchev–Trinajstić information content (AvgIpc) is 1.68. The lowest BCUT2D eigenvalue weighted by atomic mass is 10.7. The zero-order chi connectivity index (χ0) is 5.70. The maximum atomic E-state index is 10.1. The van der Waals surface area contributed by atoms with E-state index in [1.807, 2.05) is 0 Å². The first kappa shape index (κ1) is 6.49. The van der Waals surface area contributed by atoms with E-state index in [0.29, 0.717) is 0 Å². The number of thiol groups is 1. The van der Waals surface area contributed by atoms with Crippen molar-refractivity contribution >= 4 is 24.9 Å². The third-order valence-electron chi connectivity index (χ3n) is 0.357. The number of aliphatic imine (C=N–C) groups is 1. The van der Waals surface area contributed by atoms with Crippen LogP contribution in [0.4, 0.5) is 0 Å². The van der Waals surface area contributed by atoms with Crippen molar-refractivity contribution in [1.29, 1.82) is 0 Å². The number of amides is 1. The zero-order valence-corrected chi connectivity index (χ0v) is 4.77. The number of nitrogens with zero attached hydrogens (tertiary/aromatic N) is 1. The molecule has 0 aromatic rings.